The number of nitrogens with two attached hydrogens (primary N) is 1. The van der Waals surface area contributed by atoms with Gasteiger partial charge in [0.1, 0.15) is 0 Å². The Morgan fingerprint density at radius 3 is 2.70 bits per heavy atom. The Kier molecular flexibility index (Phi) is 4.93. The molecule has 1 fully saturated rings. The van der Waals surface area contributed by atoms with Crippen molar-refractivity contribution in [2.24, 2.45) is 17.1 Å². The molecule has 2 atom stereocenters. The van der Waals surface area contributed by atoms with Gasteiger partial charge < -0.3 is 5.73 Å². The molecule has 0 bridgehead atoms. The number of rotatable bonds is 5. The van der Waals surface area contributed by atoms with Crippen molar-refractivity contribution < 1.29 is 0 Å². The van der Waals surface area contributed by atoms with Crippen LogP contribution in [0.3, 0.4) is 0 Å². The lowest BCUT2D eigenvalue weighted by Crippen LogP contribution is -2.58. The zero-order chi connectivity index (χ0) is 14.8. The molecule has 1 aliphatic carbocycles. The standard InChI is InChI=1S/C17H30N2S/c1-14-10-16(2,3)12-17(11-14,13-18)19(4)8-7-15-6-5-9-20-15/h5-6,9,14H,7-8,10-13,18H2,1-4H3. The van der Waals surface area contributed by atoms with Crippen LogP contribution in [0.1, 0.15) is 44.9 Å². The molecule has 1 aliphatic rings. The zero-order valence-corrected chi connectivity index (χ0v) is 14.3. The van der Waals surface area contributed by atoms with Crippen molar-refractivity contribution in [1.82, 2.24) is 4.90 Å². The van der Waals surface area contributed by atoms with E-state index in [2.05, 4.69) is 50.2 Å². The number of nitrogens with zero attached hydrogens (tertiary/aromatic N) is 1. The molecule has 20 heavy (non-hydrogen) atoms. The summed E-state index contributed by atoms with van der Waals surface area (Å²) in [5.74, 6) is 0.770. The first-order chi connectivity index (χ1) is 9.37. The molecule has 0 aliphatic heterocycles. The van der Waals surface area contributed by atoms with Crippen LogP contribution in [0.25, 0.3) is 0 Å². The van der Waals surface area contributed by atoms with E-state index in [4.69, 9.17) is 5.73 Å². The Morgan fingerprint density at radius 2 is 2.15 bits per heavy atom. The van der Waals surface area contributed by atoms with Crippen molar-refractivity contribution in [3.05, 3.63) is 22.4 Å². The summed E-state index contributed by atoms with van der Waals surface area (Å²) >= 11 is 1.86. The topological polar surface area (TPSA) is 29.3 Å². The van der Waals surface area contributed by atoms with Crippen LogP contribution < -0.4 is 5.73 Å². The summed E-state index contributed by atoms with van der Waals surface area (Å²) < 4.78 is 0. The van der Waals surface area contributed by atoms with Crippen LogP contribution in [-0.4, -0.2) is 30.6 Å². The van der Waals surface area contributed by atoms with E-state index in [9.17, 15) is 0 Å². The average molecular weight is 295 g/mol. The summed E-state index contributed by atoms with van der Waals surface area (Å²) in [6.45, 7) is 9.08. The third-order valence-electron chi connectivity index (χ3n) is 4.90. The highest BCUT2D eigenvalue weighted by molar-refractivity contribution is 7.09. The van der Waals surface area contributed by atoms with E-state index >= 15 is 0 Å². The Labute approximate surface area is 128 Å². The van der Waals surface area contributed by atoms with Crippen LogP contribution >= 0.6 is 11.3 Å². The van der Waals surface area contributed by atoms with Gasteiger partial charge >= 0.3 is 0 Å². The molecule has 0 saturated heterocycles. The predicted octanol–water partition coefficient (Wildman–Crippen LogP) is 3.77. The molecule has 2 unspecified atom stereocenters. The van der Waals surface area contributed by atoms with Gasteiger partial charge in [0.15, 0.2) is 0 Å². The molecule has 114 valence electrons. The van der Waals surface area contributed by atoms with Gasteiger partial charge in [-0.15, -0.1) is 11.3 Å². The lowest BCUT2D eigenvalue weighted by atomic mass is 9.63. The fraction of sp³-hybridized carbons (Fsp3) is 0.765. The predicted molar refractivity (Wildman–Crippen MR) is 89.2 cm³/mol. The van der Waals surface area contributed by atoms with Crippen molar-refractivity contribution >= 4 is 11.3 Å². The maximum atomic E-state index is 6.23. The molecule has 1 aromatic heterocycles. The lowest BCUT2D eigenvalue weighted by molar-refractivity contribution is 0.00409. The fourth-order valence-electron chi connectivity index (χ4n) is 4.27. The first-order valence-corrected chi connectivity index (χ1v) is 8.69. The number of hydrogen-bond donors (Lipinski definition) is 1. The van der Waals surface area contributed by atoms with Gasteiger partial charge in [-0.1, -0.05) is 26.8 Å². The third-order valence-corrected chi connectivity index (χ3v) is 5.84. The molecule has 3 heteroatoms. The van der Waals surface area contributed by atoms with Crippen LogP contribution in [0.5, 0.6) is 0 Å². The van der Waals surface area contributed by atoms with Gasteiger partial charge in [-0.25, -0.2) is 0 Å². The van der Waals surface area contributed by atoms with E-state index in [0.29, 0.717) is 5.41 Å². The number of thiophene rings is 1. The van der Waals surface area contributed by atoms with Crippen molar-refractivity contribution in [3.8, 4) is 0 Å². The second-order valence-electron chi connectivity index (χ2n) is 7.53. The number of likely N-dealkylation sites (N-methyl/N-ethyl adjacent to an activating group) is 1. The van der Waals surface area contributed by atoms with E-state index < -0.39 is 0 Å². The van der Waals surface area contributed by atoms with E-state index in [1.54, 1.807) is 0 Å². The zero-order valence-electron chi connectivity index (χ0n) is 13.5. The van der Waals surface area contributed by atoms with E-state index in [1.807, 2.05) is 11.3 Å². The van der Waals surface area contributed by atoms with Crippen molar-refractivity contribution in [2.75, 3.05) is 20.1 Å². The van der Waals surface area contributed by atoms with Gasteiger partial charge in [-0.05, 0) is 55.5 Å². The SMILES string of the molecule is CC1CC(C)(C)CC(CN)(N(C)CCc2cccs2)C1. The summed E-state index contributed by atoms with van der Waals surface area (Å²) in [4.78, 5) is 4.02. The van der Waals surface area contributed by atoms with Crippen LogP contribution in [0.15, 0.2) is 17.5 Å². The third kappa shape index (κ3) is 3.63. The van der Waals surface area contributed by atoms with Crippen LogP contribution in [0.2, 0.25) is 0 Å². The van der Waals surface area contributed by atoms with Crippen molar-refractivity contribution in [1.29, 1.82) is 0 Å². The van der Waals surface area contributed by atoms with Gasteiger partial charge in [0.2, 0.25) is 0 Å². The molecule has 1 heterocycles. The second kappa shape index (κ2) is 6.17. The van der Waals surface area contributed by atoms with E-state index in [0.717, 1.165) is 25.4 Å². The molecular formula is C17H30N2S. The summed E-state index contributed by atoms with van der Waals surface area (Å²) in [5, 5.41) is 2.17. The second-order valence-corrected chi connectivity index (χ2v) is 8.57. The summed E-state index contributed by atoms with van der Waals surface area (Å²) in [6.07, 6.45) is 4.94. The first kappa shape index (κ1) is 16.0. The molecule has 0 radical (unpaired) electrons. The fourth-order valence-corrected chi connectivity index (χ4v) is 4.97. The molecule has 2 N–H and O–H groups in total. The van der Waals surface area contributed by atoms with Gasteiger partial charge in [0, 0.05) is 23.5 Å². The van der Waals surface area contributed by atoms with Gasteiger partial charge in [-0.2, -0.15) is 0 Å². The highest BCUT2D eigenvalue weighted by Crippen LogP contribution is 2.45. The van der Waals surface area contributed by atoms with Crippen LogP contribution in [0.4, 0.5) is 0 Å². The molecule has 0 aromatic carbocycles. The van der Waals surface area contributed by atoms with Crippen molar-refractivity contribution in [2.45, 2.75) is 52.0 Å². The Balaban J connectivity index is 2.05. The largest absolute Gasteiger partial charge is 0.329 e. The van der Waals surface area contributed by atoms with Gasteiger partial charge in [0.05, 0.1) is 0 Å². The molecular weight excluding hydrogens is 264 g/mol. The Morgan fingerprint density at radius 1 is 1.40 bits per heavy atom. The van der Waals surface area contributed by atoms with E-state index in [-0.39, 0.29) is 5.54 Å². The molecule has 1 aromatic rings. The first-order valence-electron chi connectivity index (χ1n) is 7.81. The van der Waals surface area contributed by atoms with Crippen LogP contribution in [-0.2, 0) is 6.42 Å². The monoisotopic (exact) mass is 294 g/mol. The van der Waals surface area contributed by atoms with E-state index in [1.165, 1.54) is 24.1 Å². The summed E-state index contributed by atoms with van der Waals surface area (Å²) in [7, 11) is 2.27. The minimum Gasteiger partial charge on any atom is -0.329 e. The quantitative estimate of drug-likeness (QED) is 0.896. The van der Waals surface area contributed by atoms with Crippen LogP contribution in [0, 0.1) is 11.3 Å². The highest BCUT2D eigenvalue weighted by atomic mass is 32.1. The normalized spacial score (nSPS) is 29.8. The molecule has 2 nitrogen and oxygen atoms in total. The summed E-state index contributed by atoms with van der Waals surface area (Å²) in [6, 6.07) is 4.38. The highest BCUT2D eigenvalue weighted by Gasteiger charge is 2.44. The van der Waals surface area contributed by atoms with Gasteiger partial charge in [-0.3, -0.25) is 4.90 Å². The maximum absolute atomic E-state index is 6.23. The lowest BCUT2D eigenvalue weighted by Gasteiger charge is -2.52. The smallest absolute Gasteiger partial charge is 0.0336 e. The molecule has 0 amide bonds. The Bertz CT molecular complexity index is 413. The molecule has 1 saturated carbocycles. The summed E-state index contributed by atoms with van der Waals surface area (Å²) in [5.41, 5.74) is 6.84. The minimum absolute atomic E-state index is 0.193. The number of hydrogen-bond acceptors (Lipinski definition) is 3. The average Bonchev–Trinajstić information content (AvgIpc) is 2.86. The Hall–Kier alpha value is -0.380. The van der Waals surface area contributed by atoms with Crippen molar-refractivity contribution in [3.63, 3.8) is 0 Å². The minimum atomic E-state index is 0.193. The maximum Gasteiger partial charge on any atom is 0.0336 e. The molecule has 2 rings (SSSR count). The molecule has 0 spiro atoms. The van der Waals surface area contributed by atoms with Gasteiger partial charge in [0.25, 0.3) is 0 Å².